The van der Waals surface area contributed by atoms with Crippen molar-refractivity contribution in [3.8, 4) is 0 Å². The van der Waals surface area contributed by atoms with Crippen LogP contribution in [0.15, 0.2) is 12.7 Å². The van der Waals surface area contributed by atoms with Crippen molar-refractivity contribution in [1.82, 2.24) is 0 Å². The molecule has 1 unspecified atom stereocenters. The Morgan fingerprint density at radius 3 is 2.92 bits per heavy atom. The first kappa shape index (κ1) is 8.93. The molecule has 0 spiro atoms. The number of carbonyl (C=O) groups is 2. The Hall–Kier alpha value is -1.16. The zero-order valence-corrected chi connectivity index (χ0v) is 6.58. The van der Waals surface area contributed by atoms with Gasteiger partial charge in [-0.05, 0) is 0 Å². The second-order valence-corrected chi connectivity index (χ2v) is 2.65. The molecular weight excluding hydrogens is 158 g/mol. The lowest BCUT2D eigenvalue weighted by Gasteiger charge is -2.20. The van der Waals surface area contributed by atoms with E-state index < -0.39 is 11.5 Å². The van der Waals surface area contributed by atoms with Crippen molar-refractivity contribution in [2.45, 2.75) is 12.0 Å². The lowest BCUT2D eigenvalue weighted by Crippen LogP contribution is -2.43. The summed E-state index contributed by atoms with van der Waals surface area (Å²) in [5, 5.41) is 0. The molecule has 1 amide bonds. The summed E-state index contributed by atoms with van der Waals surface area (Å²) in [5.74, 6) is -0.857. The van der Waals surface area contributed by atoms with Gasteiger partial charge in [-0.3, -0.25) is 9.59 Å². The van der Waals surface area contributed by atoms with Gasteiger partial charge in [0.2, 0.25) is 0 Å². The maximum absolute atomic E-state index is 10.9. The van der Waals surface area contributed by atoms with E-state index in [1.54, 1.807) is 0 Å². The summed E-state index contributed by atoms with van der Waals surface area (Å²) in [7, 11) is 0. The van der Waals surface area contributed by atoms with Crippen LogP contribution in [0, 0.1) is 6.42 Å². The van der Waals surface area contributed by atoms with E-state index >= 15 is 0 Å². The fraction of sp³-hybridized carbons (Fsp3) is 0.375. The smallest absolute Gasteiger partial charge is 0.250 e. The molecule has 0 aromatic carbocycles. The minimum absolute atomic E-state index is 0.0726. The standard InChI is InChI=1S/C8H10NO3/c1-2-3-8(7(9)11)4-6(10)5-12-8/h2,4H,1,3,5H2,(H2,9,11). The topological polar surface area (TPSA) is 69.4 Å². The van der Waals surface area contributed by atoms with Crippen molar-refractivity contribution in [2.75, 3.05) is 6.61 Å². The third kappa shape index (κ3) is 1.38. The van der Waals surface area contributed by atoms with Crippen molar-refractivity contribution < 1.29 is 14.3 Å². The van der Waals surface area contributed by atoms with E-state index in [0.717, 1.165) is 0 Å². The van der Waals surface area contributed by atoms with Crippen LogP contribution in [0.3, 0.4) is 0 Å². The van der Waals surface area contributed by atoms with Crippen LogP contribution in [0.2, 0.25) is 0 Å². The summed E-state index contributed by atoms with van der Waals surface area (Å²) in [5.41, 5.74) is 3.85. The summed E-state index contributed by atoms with van der Waals surface area (Å²) in [4.78, 5) is 21.7. The molecule has 2 N–H and O–H groups in total. The van der Waals surface area contributed by atoms with Gasteiger partial charge in [0, 0.05) is 6.42 Å². The Bertz CT molecular complexity index is 236. The first-order chi connectivity index (χ1) is 5.60. The summed E-state index contributed by atoms with van der Waals surface area (Å²) in [6, 6.07) is 0. The predicted molar refractivity (Wildman–Crippen MR) is 42.0 cm³/mol. The van der Waals surface area contributed by atoms with E-state index in [1.165, 1.54) is 12.5 Å². The number of carbonyl (C=O) groups excluding carboxylic acids is 2. The quantitative estimate of drug-likeness (QED) is 0.582. The Balaban J connectivity index is 2.80. The number of rotatable bonds is 3. The second kappa shape index (κ2) is 3.06. The monoisotopic (exact) mass is 168 g/mol. The summed E-state index contributed by atoms with van der Waals surface area (Å²) in [6.45, 7) is 3.38. The summed E-state index contributed by atoms with van der Waals surface area (Å²) in [6.07, 6.45) is 2.96. The Morgan fingerprint density at radius 1 is 1.92 bits per heavy atom. The SMILES string of the molecule is C=CCC1(C(N)=O)[CH]C(=O)CO1. The van der Waals surface area contributed by atoms with Gasteiger partial charge in [-0.2, -0.15) is 0 Å². The molecule has 65 valence electrons. The number of amides is 1. The third-order valence-corrected chi connectivity index (χ3v) is 1.73. The van der Waals surface area contributed by atoms with Crippen LogP contribution in [0.1, 0.15) is 6.42 Å². The van der Waals surface area contributed by atoms with Gasteiger partial charge in [0.25, 0.3) is 5.91 Å². The summed E-state index contributed by atoms with van der Waals surface area (Å²) >= 11 is 0. The Morgan fingerprint density at radius 2 is 2.58 bits per heavy atom. The molecule has 0 saturated carbocycles. The number of primary amides is 1. The van der Waals surface area contributed by atoms with E-state index in [1.807, 2.05) is 0 Å². The van der Waals surface area contributed by atoms with Gasteiger partial charge in [0.15, 0.2) is 11.4 Å². The molecule has 0 aliphatic carbocycles. The average molecular weight is 168 g/mol. The van der Waals surface area contributed by atoms with Gasteiger partial charge in [-0.1, -0.05) is 6.08 Å². The fourth-order valence-corrected chi connectivity index (χ4v) is 1.12. The highest BCUT2D eigenvalue weighted by molar-refractivity contribution is 6.01. The van der Waals surface area contributed by atoms with E-state index in [0.29, 0.717) is 0 Å². The molecule has 1 rings (SSSR count). The fourth-order valence-electron chi connectivity index (χ4n) is 1.12. The number of Topliss-reactive ketones (excluding diaryl/α,β-unsaturated/α-hetero) is 1. The van der Waals surface area contributed by atoms with Crippen molar-refractivity contribution in [2.24, 2.45) is 5.73 Å². The normalized spacial score (nSPS) is 28.8. The number of nitrogens with two attached hydrogens (primary N) is 1. The van der Waals surface area contributed by atoms with Crippen LogP contribution in [0.5, 0.6) is 0 Å². The van der Waals surface area contributed by atoms with Gasteiger partial charge in [0.1, 0.15) is 6.61 Å². The highest BCUT2D eigenvalue weighted by atomic mass is 16.5. The molecule has 0 bridgehead atoms. The van der Waals surface area contributed by atoms with Gasteiger partial charge in [-0.25, -0.2) is 0 Å². The predicted octanol–water partition coefficient (Wildman–Crippen LogP) is -0.410. The van der Waals surface area contributed by atoms with Crippen LogP contribution in [0.25, 0.3) is 0 Å². The molecule has 1 heterocycles. The molecule has 1 radical (unpaired) electrons. The molecule has 4 nitrogen and oxygen atoms in total. The maximum atomic E-state index is 10.9. The molecule has 1 aliphatic rings. The average Bonchev–Trinajstić information content (AvgIpc) is 2.34. The number of ketones is 1. The molecule has 1 fully saturated rings. The first-order valence-corrected chi connectivity index (χ1v) is 3.54. The van der Waals surface area contributed by atoms with Gasteiger partial charge in [0.05, 0.1) is 6.42 Å². The molecule has 1 saturated heterocycles. The molecule has 4 heteroatoms. The van der Waals surface area contributed by atoms with Crippen LogP contribution in [0.4, 0.5) is 0 Å². The van der Waals surface area contributed by atoms with Crippen molar-refractivity contribution in [1.29, 1.82) is 0 Å². The van der Waals surface area contributed by atoms with Gasteiger partial charge < -0.3 is 10.5 Å². The van der Waals surface area contributed by atoms with E-state index in [2.05, 4.69) is 6.58 Å². The highest BCUT2D eigenvalue weighted by Gasteiger charge is 2.44. The highest BCUT2D eigenvalue weighted by Crippen LogP contribution is 2.25. The molecule has 12 heavy (non-hydrogen) atoms. The molecule has 1 atom stereocenters. The van der Waals surface area contributed by atoms with Gasteiger partial charge in [-0.15, -0.1) is 6.58 Å². The molecule has 0 aromatic heterocycles. The second-order valence-electron chi connectivity index (χ2n) is 2.65. The van der Waals surface area contributed by atoms with E-state index in [-0.39, 0.29) is 18.8 Å². The molecular formula is C8H10NO3. The largest absolute Gasteiger partial charge is 0.367 e. The maximum Gasteiger partial charge on any atom is 0.250 e. The molecule has 0 aromatic rings. The minimum Gasteiger partial charge on any atom is -0.367 e. The van der Waals surface area contributed by atoms with Crippen LogP contribution in [-0.2, 0) is 14.3 Å². The van der Waals surface area contributed by atoms with Crippen molar-refractivity contribution in [3.63, 3.8) is 0 Å². The van der Waals surface area contributed by atoms with Crippen LogP contribution >= 0.6 is 0 Å². The number of hydrogen-bond acceptors (Lipinski definition) is 3. The lowest BCUT2D eigenvalue weighted by atomic mass is 9.95. The Labute approximate surface area is 70.4 Å². The lowest BCUT2D eigenvalue weighted by molar-refractivity contribution is -0.134. The zero-order chi connectivity index (χ0) is 9.19. The first-order valence-electron chi connectivity index (χ1n) is 3.54. The third-order valence-electron chi connectivity index (χ3n) is 1.73. The molecule has 1 aliphatic heterocycles. The summed E-state index contributed by atoms with van der Waals surface area (Å²) < 4.78 is 5.00. The van der Waals surface area contributed by atoms with Crippen molar-refractivity contribution >= 4 is 11.7 Å². The number of ether oxygens (including phenoxy) is 1. The Kier molecular flexibility index (Phi) is 2.28. The van der Waals surface area contributed by atoms with Crippen molar-refractivity contribution in [3.05, 3.63) is 19.1 Å². The zero-order valence-electron chi connectivity index (χ0n) is 6.58. The van der Waals surface area contributed by atoms with Crippen LogP contribution in [-0.4, -0.2) is 23.9 Å². The van der Waals surface area contributed by atoms with E-state index in [4.69, 9.17) is 10.5 Å². The number of hydrogen-bond donors (Lipinski definition) is 1. The van der Waals surface area contributed by atoms with E-state index in [9.17, 15) is 9.59 Å². The van der Waals surface area contributed by atoms with Crippen LogP contribution < -0.4 is 5.73 Å². The van der Waals surface area contributed by atoms with Gasteiger partial charge >= 0.3 is 0 Å². The minimum atomic E-state index is -1.24.